The van der Waals surface area contributed by atoms with E-state index in [4.69, 9.17) is 5.26 Å². The van der Waals surface area contributed by atoms with Gasteiger partial charge in [-0.05, 0) is 36.1 Å². The number of benzene rings is 2. The third-order valence-electron chi connectivity index (χ3n) is 7.50. The van der Waals surface area contributed by atoms with Crippen molar-refractivity contribution in [1.29, 1.82) is 5.26 Å². The number of hydrogen-bond acceptors (Lipinski definition) is 5. The van der Waals surface area contributed by atoms with Crippen LogP contribution in [0.1, 0.15) is 54.8 Å². The monoisotopic (exact) mass is 443 g/mol. The second kappa shape index (κ2) is 8.13. The lowest BCUT2D eigenvalue weighted by atomic mass is 9.75. The molecule has 4 atom stereocenters. The molecule has 7 nitrogen and oxygen atoms in total. The SMILES string of the molecule is N#Cc1ccc(C2NC(C(=O)O)(c3ccccc3)C3C(=O)N(C4CCCCC4)C(=O)C23)cc1. The highest BCUT2D eigenvalue weighted by atomic mass is 16.4. The molecule has 0 bridgehead atoms. The van der Waals surface area contributed by atoms with Crippen LogP contribution in [0, 0.1) is 23.2 Å². The summed E-state index contributed by atoms with van der Waals surface area (Å²) in [7, 11) is 0. The number of carboxylic acid groups (broad SMARTS) is 1. The fraction of sp³-hybridized carbons (Fsp3) is 0.385. The number of imide groups is 1. The Kier molecular flexibility index (Phi) is 5.26. The number of likely N-dealkylation sites (tertiary alicyclic amines) is 1. The van der Waals surface area contributed by atoms with Gasteiger partial charge in [-0.25, -0.2) is 4.79 Å². The predicted molar refractivity (Wildman–Crippen MR) is 118 cm³/mol. The lowest BCUT2D eigenvalue weighted by molar-refractivity contribution is -0.153. The number of carbonyl (C=O) groups excluding carboxylic acids is 2. The van der Waals surface area contributed by atoms with E-state index in [0.29, 0.717) is 16.7 Å². The minimum Gasteiger partial charge on any atom is -0.480 e. The second-order valence-corrected chi connectivity index (χ2v) is 9.18. The van der Waals surface area contributed by atoms with Gasteiger partial charge >= 0.3 is 5.97 Å². The maximum absolute atomic E-state index is 13.8. The first-order valence-corrected chi connectivity index (χ1v) is 11.4. The number of amides is 2. The lowest BCUT2D eigenvalue weighted by Gasteiger charge is -2.34. The Morgan fingerprint density at radius 1 is 1.00 bits per heavy atom. The van der Waals surface area contributed by atoms with Crippen molar-refractivity contribution < 1.29 is 19.5 Å². The Morgan fingerprint density at radius 2 is 1.67 bits per heavy atom. The largest absolute Gasteiger partial charge is 0.480 e. The topological polar surface area (TPSA) is 110 Å². The van der Waals surface area contributed by atoms with E-state index in [0.717, 1.165) is 32.1 Å². The van der Waals surface area contributed by atoms with Crippen LogP contribution in [0.2, 0.25) is 0 Å². The summed E-state index contributed by atoms with van der Waals surface area (Å²) in [5, 5.41) is 22.9. The highest BCUT2D eigenvalue weighted by Crippen LogP contribution is 2.53. The number of hydrogen-bond donors (Lipinski definition) is 2. The van der Waals surface area contributed by atoms with Gasteiger partial charge in [0.2, 0.25) is 11.8 Å². The predicted octanol–water partition coefficient (Wildman–Crippen LogP) is 3.12. The zero-order valence-electron chi connectivity index (χ0n) is 18.1. The summed E-state index contributed by atoms with van der Waals surface area (Å²) in [5.41, 5.74) is -0.107. The summed E-state index contributed by atoms with van der Waals surface area (Å²) in [4.78, 5) is 41.9. The molecular formula is C26H25N3O4. The lowest BCUT2D eigenvalue weighted by Crippen LogP contribution is -2.54. The van der Waals surface area contributed by atoms with E-state index in [2.05, 4.69) is 11.4 Å². The van der Waals surface area contributed by atoms with Gasteiger partial charge in [0.15, 0.2) is 5.54 Å². The molecule has 2 saturated heterocycles. The summed E-state index contributed by atoms with van der Waals surface area (Å²) < 4.78 is 0. The van der Waals surface area contributed by atoms with Crippen molar-refractivity contribution in [3.05, 3.63) is 71.3 Å². The van der Waals surface area contributed by atoms with E-state index >= 15 is 0 Å². The summed E-state index contributed by atoms with van der Waals surface area (Å²) in [6.07, 6.45) is 4.51. The maximum atomic E-state index is 13.8. The van der Waals surface area contributed by atoms with Crippen molar-refractivity contribution >= 4 is 17.8 Å². The fourth-order valence-corrected chi connectivity index (χ4v) is 5.97. The van der Waals surface area contributed by atoms with Crippen molar-refractivity contribution in [2.24, 2.45) is 11.8 Å². The number of aliphatic carboxylic acids is 1. The highest BCUT2D eigenvalue weighted by molar-refractivity contribution is 6.10. The van der Waals surface area contributed by atoms with Gasteiger partial charge in [0.1, 0.15) is 0 Å². The van der Waals surface area contributed by atoms with Crippen LogP contribution >= 0.6 is 0 Å². The van der Waals surface area contributed by atoms with Crippen LogP contribution in [0.15, 0.2) is 54.6 Å². The average Bonchev–Trinajstić information content (AvgIpc) is 3.35. The van der Waals surface area contributed by atoms with Crippen LogP contribution < -0.4 is 5.32 Å². The third kappa shape index (κ3) is 3.17. The van der Waals surface area contributed by atoms with E-state index in [1.54, 1.807) is 54.6 Å². The van der Waals surface area contributed by atoms with E-state index in [9.17, 15) is 19.5 Å². The van der Waals surface area contributed by atoms with E-state index in [-0.39, 0.29) is 11.9 Å². The first kappa shape index (κ1) is 21.4. The minimum absolute atomic E-state index is 0.173. The summed E-state index contributed by atoms with van der Waals surface area (Å²) in [6.45, 7) is 0. The van der Waals surface area contributed by atoms with Crippen LogP contribution in [0.3, 0.4) is 0 Å². The molecule has 2 heterocycles. The summed E-state index contributed by atoms with van der Waals surface area (Å²) in [5.74, 6) is -3.74. The number of nitrogens with zero attached hydrogens (tertiary/aromatic N) is 2. The molecule has 2 aromatic rings. The number of nitriles is 1. The number of nitrogens with one attached hydrogen (secondary N) is 1. The molecule has 2 N–H and O–H groups in total. The third-order valence-corrected chi connectivity index (χ3v) is 7.50. The minimum atomic E-state index is -1.72. The molecule has 168 valence electrons. The molecule has 33 heavy (non-hydrogen) atoms. The molecule has 3 fully saturated rings. The van der Waals surface area contributed by atoms with E-state index in [1.165, 1.54) is 4.90 Å². The van der Waals surface area contributed by atoms with Crippen LogP contribution in [0.25, 0.3) is 0 Å². The van der Waals surface area contributed by atoms with Crippen LogP contribution in [-0.4, -0.2) is 33.8 Å². The Balaban J connectivity index is 1.66. The van der Waals surface area contributed by atoms with E-state index in [1.807, 2.05) is 0 Å². The maximum Gasteiger partial charge on any atom is 0.329 e. The van der Waals surface area contributed by atoms with Gasteiger partial charge in [0.05, 0.1) is 23.5 Å². The molecule has 5 rings (SSSR count). The first-order chi connectivity index (χ1) is 16.0. The normalized spacial score (nSPS) is 29.7. The summed E-state index contributed by atoms with van der Waals surface area (Å²) >= 11 is 0. The van der Waals surface area contributed by atoms with Crippen molar-refractivity contribution in [1.82, 2.24) is 10.2 Å². The average molecular weight is 444 g/mol. The van der Waals surface area contributed by atoms with Gasteiger partial charge in [-0.3, -0.25) is 19.8 Å². The standard InChI is InChI=1S/C26H25N3O4/c27-15-16-11-13-17(14-12-16)22-20-21(24(31)29(23(20)30)19-9-5-2-6-10-19)26(28-22,25(32)33)18-7-3-1-4-8-18/h1,3-4,7-8,11-14,19-22,28H,2,5-6,9-10H2,(H,32,33). The van der Waals surface area contributed by atoms with E-state index < -0.39 is 35.3 Å². The molecule has 4 unspecified atom stereocenters. The molecule has 0 aromatic heterocycles. The molecule has 0 radical (unpaired) electrons. The van der Waals surface area contributed by atoms with Crippen molar-refractivity contribution in [3.8, 4) is 6.07 Å². The Labute approximate surface area is 192 Å². The molecule has 0 spiro atoms. The number of fused-ring (bicyclic) bond motifs is 1. The highest BCUT2D eigenvalue weighted by Gasteiger charge is 2.69. The zero-order valence-corrected chi connectivity index (χ0v) is 18.1. The van der Waals surface area contributed by atoms with Crippen LogP contribution in [0.5, 0.6) is 0 Å². The van der Waals surface area contributed by atoms with Gasteiger partial charge < -0.3 is 5.11 Å². The first-order valence-electron chi connectivity index (χ1n) is 11.4. The fourth-order valence-electron chi connectivity index (χ4n) is 5.97. The number of rotatable bonds is 4. The van der Waals surface area contributed by atoms with Gasteiger partial charge in [-0.15, -0.1) is 0 Å². The summed E-state index contributed by atoms with van der Waals surface area (Å²) in [6, 6.07) is 16.7. The van der Waals surface area contributed by atoms with Crippen LogP contribution in [-0.2, 0) is 19.9 Å². The van der Waals surface area contributed by atoms with Gasteiger partial charge in [0.25, 0.3) is 0 Å². The van der Waals surface area contributed by atoms with Crippen LogP contribution in [0.4, 0.5) is 0 Å². The van der Waals surface area contributed by atoms with Crippen molar-refractivity contribution in [2.45, 2.75) is 49.7 Å². The smallest absolute Gasteiger partial charge is 0.329 e. The van der Waals surface area contributed by atoms with Gasteiger partial charge in [-0.1, -0.05) is 61.7 Å². The zero-order chi connectivity index (χ0) is 23.2. The molecule has 2 aliphatic heterocycles. The molecule has 7 heteroatoms. The van der Waals surface area contributed by atoms with Crippen molar-refractivity contribution in [2.75, 3.05) is 0 Å². The van der Waals surface area contributed by atoms with Gasteiger partial charge in [-0.2, -0.15) is 5.26 Å². The molecule has 1 aliphatic carbocycles. The van der Waals surface area contributed by atoms with Gasteiger partial charge in [0, 0.05) is 12.1 Å². The molecule has 2 aromatic carbocycles. The Hall–Kier alpha value is -3.50. The number of carboxylic acids is 1. The van der Waals surface area contributed by atoms with Crippen molar-refractivity contribution in [3.63, 3.8) is 0 Å². The molecule has 1 saturated carbocycles. The molecular weight excluding hydrogens is 418 g/mol. The number of carbonyl (C=O) groups is 3. The Morgan fingerprint density at radius 3 is 2.27 bits per heavy atom. The quantitative estimate of drug-likeness (QED) is 0.703. The second-order valence-electron chi connectivity index (χ2n) is 9.18. The molecule has 3 aliphatic rings. The Bertz CT molecular complexity index is 1130. The molecule has 2 amide bonds.